The van der Waals surface area contributed by atoms with Crippen molar-refractivity contribution in [1.29, 1.82) is 0 Å². The molecule has 1 aromatic carbocycles. The summed E-state index contributed by atoms with van der Waals surface area (Å²) in [6.45, 7) is 10.0. The zero-order valence-corrected chi connectivity index (χ0v) is 12.5. The van der Waals surface area contributed by atoms with Crippen LogP contribution in [-0.2, 0) is 9.84 Å². The van der Waals surface area contributed by atoms with Crippen LogP contribution < -0.4 is 5.32 Å². The zero-order valence-electron chi connectivity index (χ0n) is 11.7. The molecule has 0 aliphatic carbocycles. The van der Waals surface area contributed by atoms with E-state index in [2.05, 4.69) is 26.1 Å². The molecule has 1 N–H and O–H groups in total. The Kier molecular flexibility index (Phi) is 2.97. The molecular formula is C14H21NO2S. The average Bonchev–Trinajstić information content (AvgIpc) is 2.11. The van der Waals surface area contributed by atoms with Gasteiger partial charge in [-0.2, -0.15) is 0 Å². The van der Waals surface area contributed by atoms with Crippen LogP contribution >= 0.6 is 0 Å². The summed E-state index contributed by atoms with van der Waals surface area (Å²) in [6, 6.07) is 3.81. The lowest BCUT2D eigenvalue weighted by atomic mass is 9.87. The van der Waals surface area contributed by atoms with Crippen LogP contribution in [0.15, 0.2) is 17.0 Å². The Morgan fingerprint density at radius 1 is 1.22 bits per heavy atom. The molecule has 0 amide bonds. The van der Waals surface area contributed by atoms with Crippen molar-refractivity contribution < 1.29 is 8.42 Å². The maximum atomic E-state index is 12.4. The summed E-state index contributed by atoms with van der Waals surface area (Å²) in [4.78, 5) is 0.480. The SMILES string of the molecule is Cc1cc(C)c2c(c1)NC(C(C)(C)C)CS2(=O)=O. The number of hydrogen-bond donors (Lipinski definition) is 1. The Hall–Kier alpha value is -1.03. The van der Waals surface area contributed by atoms with Crippen LogP contribution in [0.5, 0.6) is 0 Å². The summed E-state index contributed by atoms with van der Waals surface area (Å²) >= 11 is 0. The first kappa shape index (κ1) is 13.4. The summed E-state index contributed by atoms with van der Waals surface area (Å²) < 4.78 is 24.8. The minimum absolute atomic E-state index is 0.0452. The van der Waals surface area contributed by atoms with Crippen molar-refractivity contribution in [3.63, 3.8) is 0 Å². The van der Waals surface area contributed by atoms with Crippen LogP contribution in [0.1, 0.15) is 31.9 Å². The van der Waals surface area contributed by atoms with Gasteiger partial charge < -0.3 is 5.32 Å². The van der Waals surface area contributed by atoms with E-state index in [1.165, 1.54) is 0 Å². The van der Waals surface area contributed by atoms with Gasteiger partial charge in [-0.15, -0.1) is 0 Å². The van der Waals surface area contributed by atoms with Gasteiger partial charge in [0.1, 0.15) is 0 Å². The van der Waals surface area contributed by atoms with Gasteiger partial charge in [0.2, 0.25) is 0 Å². The van der Waals surface area contributed by atoms with Crippen LogP contribution in [0.4, 0.5) is 5.69 Å². The lowest BCUT2D eigenvalue weighted by Crippen LogP contribution is -2.43. The Morgan fingerprint density at radius 3 is 2.39 bits per heavy atom. The molecule has 2 rings (SSSR count). The molecule has 1 unspecified atom stereocenters. The Balaban J connectivity index is 2.61. The molecule has 0 aromatic heterocycles. The predicted octanol–water partition coefficient (Wildman–Crippen LogP) is 2.92. The number of aryl methyl sites for hydroxylation is 2. The maximum absolute atomic E-state index is 12.4. The van der Waals surface area contributed by atoms with E-state index in [1.807, 2.05) is 26.0 Å². The van der Waals surface area contributed by atoms with Crippen molar-refractivity contribution >= 4 is 15.5 Å². The van der Waals surface area contributed by atoms with E-state index in [9.17, 15) is 8.42 Å². The van der Waals surface area contributed by atoms with Gasteiger partial charge in [0.25, 0.3) is 0 Å². The van der Waals surface area contributed by atoms with Gasteiger partial charge in [-0.25, -0.2) is 8.42 Å². The van der Waals surface area contributed by atoms with Crippen molar-refractivity contribution in [2.24, 2.45) is 5.41 Å². The smallest absolute Gasteiger partial charge is 0.182 e. The van der Waals surface area contributed by atoms with E-state index in [-0.39, 0.29) is 17.2 Å². The van der Waals surface area contributed by atoms with Crippen molar-refractivity contribution in [2.75, 3.05) is 11.1 Å². The minimum atomic E-state index is -3.18. The fourth-order valence-corrected chi connectivity index (χ4v) is 4.66. The Morgan fingerprint density at radius 2 is 1.83 bits per heavy atom. The van der Waals surface area contributed by atoms with E-state index >= 15 is 0 Å². The molecule has 0 saturated heterocycles. The van der Waals surface area contributed by atoms with Crippen molar-refractivity contribution in [3.8, 4) is 0 Å². The molecule has 18 heavy (non-hydrogen) atoms. The number of fused-ring (bicyclic) bond motifs is 1. The third-order valence-corrected chi connectivity index (χ3v) is 5.43. The van der Waals surface area contributed by atoms with Crippen molar-refractivity contribution in [3.05, 3.63) is 23.3 Å². The monoisotopic (exact) mass is 267 g/mol. The topological polar surface area (TPSA) is 46.2 Å². The zero-order chi connectivity index (χ0) is 13.7. The van der Waals surface area contributed by atoms with Crippen LogP contribution in [0.2, 0.25) is 0 Å². The highest BCUT2D eigenvalue weighted by Gasteiger charge is 2.37. The number of sulfone groups is 1. The van der Waals surface area contributed by atoms with Crippen LogP contribution in [-0.4, -0.2) is 20.2 Å². The van der Waals surface area contributed by atoms with Gasteiger partial charge in [0, 0.05) is 6.04 Å². The Bertz CT molecular complexity index is 583. The molecule has 1 aliphatic rings. The summed E-state index contributed by atoms with van der Waals surface area (Å²) in [5, 5.41) is 3.40. The summed E-state index contributed by atoms with van der Waals surface area (Å²) in [7, 11) is -3.18. The molecule has 1 atom stereocenters. The van der Waals surface area contributed by atoms with Crippen LogP contribution in [0.25, 0.3) is 0 Å². The maximum Gasteiger partial charge on any atom is 0.182 e. The van der Waals surface area contributed by atoms with Gasteiger partial charge >= 0.3 is 0 Å². The van der Waals surface area contributed by atoms with Gasteiger partial charge in [0.05, 0.1) is 16.3 Å². The molecule has 4 heteroatoms. The molecule has 0 bridgehead atoms. The minimum Gasteiger partial charge on any atom is -0.380 e. The highest BCUT2D eigenvalue weighted by Crippen LogP contribution is 2.36. The van der Waals surface area contributed by atoms with Crippen molar-refractivity contribution in [1.82, 2.24) is 0 Å². The standard InChI is InChI=1S/C14H21NO2S/c1-9-6-10(2)13-11(7-9)15-12(14(3,4)5)8-18(13,16)17/h6-7,12,15H,8H2,1-5H3. The fraction of sp³-hybridized carbons (Fsp3) is 0.571. The highest BCUT2D eigenvalue weighted by molar-refractivity contribution is 7.91. The third kappa shape index (κ3) is 2.26. The summed E-state index contributed by atoms with van der Waals surface area (Å²) in [5.74, 6) is 0.174. The van der Waals surface area contributed by atoms with Gasteiger partial charge in [0.15, 0.2) is 9.84 Å². The summed E-state index contributed by atoms with van der Waals surface area (Å²) in [5.41, 5.74) is 2.61. The quantitative estimate of drug-likeness (QED) is 0.786. The molecule has 0 fully saturated rings. The molecule has 1 aliphatic heterocycles. The second kappa shape index (κ2) is 3.98. The van der Waals surface area contributed by atoms with Crippen molar-refractivity contribution in [2.45, 2.75) is 45.6 Å². The van der Waals surface area contributed by atoms with Gasteiger partial charge in [-0.05, 0) is 36.5 Å². The van der Waals surface area contributed by atoms with Gasteiger partial charge in [-0.1, -0.05) is 26.8 Å². The highest BCUT2D eigenvalue weighted by atomic mass is 32.2. The summed E-state index contributed by atoms with van der Waals surface area (Å²) in [6.07, 6.45) is 0. The molecular weight excluding hydrogens is 246 g/mol. The molecule has 0 radical (unpaired) electrons. The first-order valence-electron chi connectivity index (χ1n) is 6.22. The van der Waals surface area contributed by atoms with Gasteiger partial charge in [-0.3, -0.25) is 0 Å². The number of anilines is 1. The van der Waals surface area contributed by atoms with Crippen LogP contribution in [0.3, 0.4) is 0 Å². The number of nitrogens with one attached hydrogen (secondary N) is 1. The molecule has 1 aromatic rings. The first-order valence-corrected chi connectivity index (χ1v) is 7.87. The first-order chi connectivity index (χ1) is 8.11. The van der Waals surface area contributed by atoms with E-state index in [0.29, 0.717) is 4.90 Å². The second-order valence-corrected chi connectivity index (χ2v) is 8.27. The molecule has 3 nitrogen and oxygen atoms in total. The number of rotatable bonds is 0. The van der Waals surface area contributed by atoms with E-state index < -0.39 is 9.84 Å². The Labute approximate surface area is 110 Å². The normalized spacial score (nSPS) is 22.2. The lowest BCUT2D eigenvalue weighted by molar-refractivity contribution is 0.356. The average molecular weight is 267 g/mol. The molecule has 1 heterocycles. The van der Waals surface area contributed by atoms with E-state index in [1.54, 1.807) is 0 Å². The van der Waals surface area contributed by atoms with E-state index in [0.717, 1.165) is 16.8 Å². The van der Waals surface area contributed by atoms with E-state index in [4.69, 9.17) is 0 Å². The van der Waals surface area contributed by atoms with Crippen LogP contribution in [0, 0.1) is 19.3 Å². The largest absolute Gasteiger partial charge is 0.380 e. The number of hydrogen-bond acceptors (Lipinski definition) is 3. The number of benzene rings is 1. The molecule has 0 spiro atoms. The molecule has 100 valence electrons. The third-order valence-electron chi connectivity index (χ3n) is 3.49. The predicted molar refractivity (Wildman–Crippen MR) is 74.8 cm³/mol. The fourth-order valence-electron chi connectivity index (χ4n) is 2.47. The molecule has 0 saturated carbocycles. The lowest BCUT2D eigenvalue weighted by Gasteiger charge is -2.36. The second-order valence-electron chi connectivity index (χ2n) is 6.30.